The van der Waals surface area contributed by atoms with Crippen LogP contribution < -0.4 is 10.2 Å². The summed E-state index contributed by atoms with van der Waals surface area (Å²) < 4.78 is 25.1. The highest BCUT2D eigenvalue weighted by atomic mass is 32.2. The van der Waals surface area contributed by atoms with Crippen molar-refractivity contribution in [3.63, 3.8) is 0 Å². The first-order valence-electron chi connectivity index (χ1n) is 5.57. The molecule has 0 radical (unpaired) electrons. The fourth-order valence-electron chi connectivity index (χ4n) is 1.85. The van der Waals surface area contributed by atoms with Gasteiger partial charge >= 0.3 is 0 Å². The molecule has 0 amide bonds. The van der Waals surface area contributed by atoms with E-state index in [-0.39, 0.29) is 6.61 Å². The highest BCUT2D eigenvalue weighted by molar-refractivity contribution is 7.67. The zero-order valence-corrected chi connectivity index (χ0v) is 10.4. The summed E-state index contributed by atoms with van der Waals surface area (Å²) in [5, 5.41) is 3.30. The lowest BCUT2D eigenvalue weighted by Gasteiger charge is -2.29. The van der Waals surface area contributed by atoms with Gasteiger partial charge in [-0.05, 0) is 17.7 Å². The maximum Gasteiger partial charge on any atom is 0.257 e. The van der Waals surface area contributed by atoms with Crippen LogP contribution in [0.1, 0.15) is 5.56 Å². The van der Waals surface area contributed by atoms with Gasteiger partial charge in [0, 0.05) is 31.9 Å². The molecule has 0 aromatic heterocycles. The number of thiol groups is 1. The molecule has 1 saturated heterocycles. The number of nitrogens with one attached hydrogen (secondary N) is 1. The van der Waals surface area contributed by atoms with Crippen molar-refractivity contribution in [1.82, 2.24) is 5.32 Å². The Morgan fingerprint density at radius 2 is 1.82 bits per heavy atom. The molecule has 0 spiro atoms. The quantitative estimate of drug-likeness (QED) is 0.750. The molecule has 0 atom stereocenters. The molecule has 1 aliphatic rings. The minimum atomic E-state index is -2.76. The van der Waals surface area contributed by atoms with Crippen molar-refractivity contribution in [2.75, 3.05) is 31.1 Å². The Labute approximate surface area is 103 Å². The number of piperazine rings is 1. The molecule has 0 saturated carbocycles. The SMILES string of the molecule is O=[SH](=O)OCc1ccc(N2CCNCC2)cc1. The third kappa shape index (κ3) is 3.69. The fraction of sp³-hybridized carbons (Fsp3) is 0.455. The number of rotatable bonds is 4. The molecule has 17 heavy (non-hydrogen) atoms. The summed E-state index contributed by atoms with van der Waals surface area (Å²) in [6.45, 7) is 4.12. The monoisotopic (exact) mass is 256 g/mol. The van der Waals surface area contributed by atoms with Crippen molar-refractivity contribution in [2.45, 2.75) is 6.61 Å². The maximum absolute atomic E-state index is 10.3. The minimum Gasteiger partial charge on any atom is -0.369 e. The molecular weight excluding hydrogens is 240 g/mol. The summed E-state index contributed by atoms with van der Waals surface area (Å²) in [6.07, 6.45) is 0. The van der Waals surface area contributed by atoms with Gasteiger partial charge < -0.3 is 10.2 Å². The second-order valence-electron chi connectivity index (χ2n) is 3.90. The molecule has 1 N–H and O–H groups in total. The van der Waals surface area contributed by atoms with Crippen LogP contribution >= 0.6 is 0 Å². The topological polar surface area (TPSA) is 58.6 Å². The standard InChI is InChI=1S/C11H16N2O3S/c14-17(15)16-9-10-1-3-11(4-2-10)13-7-5-12-6-8-13/h1-4,12,17H,5-9H2. The van der Waals surface area contributed by atoms with Crippen molar-refractivity contribution in [3.05, 3.63) is 29.8 Å². The van der Waals surface area contributed by atoms with Gasteiger partial charge in [-0.25, -0.2) is 8.42 Å². The lowest BCUT2D eigenvalue weighted by atomic mass is 10.2. The molecule has 0 bridgehead atoms. The lowest BCUT2D eigenvalue weighted by molar-refractivity contribution is 0.323. The first kappa shape index (κ1) is 12.3. The van der Waals surface area contributed by atoms with Crippen LogP contribution in [0.5, 0.6) is 0 Å². The number of benzene rings is 1. The molecule has 94 valence electrons. The summed E-state index contributed by atoms with van der Waals surface area (Å²) in [5.74, 6) is 0. The average molecular weight is 256 g/mol. The second kappa shape index (κ2) is 6.00. The molecule has 0 unspecified atom stereocenters. The average Bonchev–Trinajstić information content (AvgIpc) is 2.38. The van der Waals surface area contributed by atoms with Crippen molar-refractivity contribution < 1.29 is 12.6 Å². The third-order valence-corrected chi connectivity index (χ3v) is 3.10. The van der Waals surface area contributed by atoms with Crippen LogP contribution in [-0.4, -0.2) is 34.6 Å². The van der Waals surface area contributed by atoms with E-state index in [1.54, 1.807) is 0 Å². The van der Waals surface area contributed by atoms with Gasteiger partial charge in [0.1, 0.15) is 0 Å². The lowest BCUT2D eigenvalue weighted by Crippen LogP contribution is -2.43. The van der Waals surface area contributed by atoms with Crippen molar-refractivity contribution in [3.8, 4) is 0 Å². The molecule has 1 aromatic carbocycles. The molecule has 1 aromatic rings. The number of hydrogen-bond donors (Lipinski definition) is 2. The molecule has 1 aliphatic heterocycles. The summed E-state index contributed by atoms with van der Waals surface area (Å²) in [6, 6.07) is 7.80. The number of anilines is 1. The highest BCUT2D eigenvalue weighted by Gasteiger charge is 2.09. The van der Waals surface area contributed by atoms with E-state index in [9.17, 15) is 8.42 Å². The smallest absolute Gasteiger partial charge is 0.257 e. The Morgan fingerprint density at radius 1 is 1.18 bits per heavy atom. The van der Waals surface area contributed by atoms with Gasteiger partial charge in [0.15, 0.2) is 0 Å². The Balaban J connectivity index is 1.96. The van der Waals surface area contributed by atoms with Crippen LogP contribution in [0.25, 0.3) is 0 Å². The summed E-state index contributed by atoms with van der Waals surface area (Å²) >= 11 is 0. The van der Waals surface area contributed by atoms with Crippen molar-refractivity contribution >= 4 is 16.7 Å². The zero-order chi connectivity index (χ0) is 12.1. The zero-order valence-electron chi connectivity index (χ0n) is 9.46. The van der Waals surface area contributed by atoms with E-state index in [1.165, 1.54) is 5.69 Å². The number of nitrogens with zero attached hydrogens (tertiary/aromatic N) is 1. The number of hydrogen-bond acceptors (Lipinski definition) is 5. The van der Waals surface area contributed by atoms with Crippen LogP contribution in [0, 0.1) is 0 Å². The van der Waals surface area contributed by atoms with Crippen LogP contribution in [0.15, 0.2) is 24.3 Å². The van der Waals surface area contributed by atoms with E-state index in [0.717, 1.165) is 31.7 Å². The highest BCUT2D eigenvalue weighted by Crippen LogP contribution is 2.16. The van der Waals surface area contributed by atoms with Gasteiger partial charge in [-0.3, -0.25) is 4.18 Å². The third-order valence-electron chi connectivity index (χ3n) is 2.76. The van der Waals surface area contributed by atoms with Crippen molar-refractivity contribution in [1.29, 1.82) is 0 Å². The molecule has 6 heteroatoms. The summed E-state index contributed by atoms with van der Waals surface area (Å²) in [4.78, 5) is 2.30. The minimum absolute atomic E-state index is 0.112. The Kier molecular flexibility index (Phi) is 4.36. The second-order valence-corrected chi connectivity index (χ2v) is 4.61. The van der Waals surface area contributed by atoms with Crippen molar-refractivity contribution in [2.24, 2.45) is 0 Å². The molecule has 5 nitrogen and oxygen atoms in total. The van der Waals surface area contributed by atoms with Crippen LogP contribution in [-0.2, 0) is 21.8 Å². The van der Waals surface area contributed by atoms with Gasteiger partial charge in [-0.1, -0.05) is 12.1 Å². The van der Waals surface area contributed by atoms with Gasteiger partial charge in [0.25, 0.3) is 11.0 Å². The normalized spacial score (nSPS) is 16.4. The van der Waals surface area contributed by atoms with E-state index in [2.05, 4.69) is 14.4 Å². The molecule has 0 aliphatic carbocycles. The van der Waals surface area contributed by atoms with Crippen LogP contribution in [0.4, 0.5) is 5.69 Å². The van der Waals surface area contributed by atoms with Gasteiger partial charge in [0.05, 0.1) is 6.61 Å². The predicted octanol–water partition coefficient (Wildman–Crippen LogP) is 0.139. The fourth-order valence-corrected chi connectivity index (χ4v) is 2.11. The van der Waals surface area contributed by atoms with E-state index in [0.29, 0.717) is 0 Å². The van der Waals surface area contributed by atoms with E-state index < -0.39 is 11.0 Å². The first-order chi connectivity index (χ1) is 8.25. The van der Waals surface area contributed by atoms with Gasteiger partial charge in [-0.2, -0.15) is 0 Å². The van der Waals surface area contributed by atoms with Gasteiger partial charge in [0.2, 0.25) is 0 Å². The summed E-state index contributed by atoms with van der Waals surface area (Å²) in [5.41, 5.74) is 2.03. The molecular formula is C11H16N2O3S. The van der Waals surface area contributed by atoms with E-state index >= 15 is 0 Å². The first-order valence-corrected chi connectivity index (χ1v) is 6.67. The predicted molar refractivity (Wildman–Crippen MR) is 66.6 cm³/mol. The Bertz CT molecular complexity index is 417. The van der Waals surface area contributed by atoms with E-state index in [1.807, 2.05) is 24.3 Å². The molecule has 1 heterocycles. The van der Waals surface area contributed by atoms with E-state index in [4.69, 9.17) is 0 Å². The van der Waals surface area contributed by atoms with Crippen LogP contribution in [0.3, 0.4) is 0 Å². The van der Waals surface area contributed by atoms with Crippen LogP contribution in [0.2, 0.25) is 0 Å². The Hall–Kier alpha value is -1.11. The molecule has 1 fully saturated rings. The maximum atomic E-state index is 10.3. The molecule has 2 rings (SSSR count). The summed E-state index contributed by atoms with van der Waals surface area (Å²) in [7, 11) is -2.76. The largest absolute Gasteiger partial charge is 0.369 e. The Morgan fingerprint density at radius 3 is 2.41 bits per heavy atom. The van der Waals surface area contributed by atoms with Gasteiger partial charge in [-0.15, -0.1) is 0 Å².